The Balaban J connectivity index is 1.70. The van der Waals surface area contributed by atoms with Crippen molar-refractivity contribution >= 4 is 28.9 Å². The van der Waals surface area contributed by atoms with Gasteiger partial charge in [-0.15, -0.1) is 0 Å². The molecule has 1 aliphatic rings. The minimum absolute atomic E-state index is 0.0445. The zero-order valence-corrected chi connectivity index (χ0v) is 12.2. The summed E-state index contributed by atoms with van der Waals surface area (Å²) in [5, 5.41) is 10.0. The van der Waals surface area contributed by atoms with Crippen LogP contribution in [-0.4, -0.2) is 21.4 Å². The number of fused-ring (bicyclic) bond motifs is 1. The van der Waals surface area contributed by atoms with Crippen LogP contribution in [0.3, 0.4) is 0 Å². The summed E-state index contributed by atoms with van der Waals surface area (Å²) in [6, 6.07) is 7.24. The maximum absolute atomic E-state index is 11.3. The first-order valence-corrected chi connectivity index (χ1v) is 7.40. The molecular formula is C15H12N2O4S. The fourth-order valence-electron chi connectivity index (χ4n) is 2.01. The number of carbonyl (C=O) groups is 1. The number of hydrazine groups is 1. The van der Waals surface area contributed by atoms with Gasteiger partial charge in [-0.1, -0.05) is 30.0 Å². The van der Waals surface area contributed by atoms with E-state index >= 15 is 0 Å². The van der Waals surface area contributed by atoms with Crippen molar-refractivity contribution in [3.8, 4) is 11.8 Å². The molecule has 0 atom stereocenters. The van der Waals surface area contributed by atoms with Gasteiger partial charge in [-0.3, -0.25) is 5.43 Å². The van der Waals surface area contributed by atoms with Crippen molar-refractivity contribution in [3.05, 3.63) is 48.1 Å². The third kappa shape index (κ3) is 3.03. The lowest BCUT2D eigenvalue weighted by Gasteiger charge is -2.09. The summed E-state index contributed by atoms with van der Waals surface area (Å²) in [4.78, 5) is 16.3. The molecule has 3 rings (SSSR count). The molecule has 0 saturated heterocycles. The number of furan rings is 1. The number of para-hydroxylation sites is 1. The number of carboxylic acid groups (broad SMARTS) is 1. The van der Waals surface area contributed by atoms with Crippen LogP contribution in [-0.2, 0) is 11.3 Å². The van der Waals surface area contributed by atoms with Gasteiger partial charge in [-0.2, -0.15) is 0 Å². The van der Waals surface area contributed by atoms with E-state index in [1.807, 2.05) is 12.1 Å². The van der Waals surface area contributed by atoms with Crippen molar-refractivity contribution in [3.63, 3.8) is 0 Å². The molecular weight excluding hydrogens is 304 g/mol. The van der Waals surface area contributed by atoms with Crippen molar-refractivity contribution in [2.45, 2.75) is 6.42 Å². The van der Waals surface area contributed by atoms with E-state index in [1.165, 1.54) is 22.8 Å². The molecule has 0 fully saturated rings. The molecule has 0 bridgehead atoms. The fraction of sp³-hybridized carbons (Fsp3) is 0.133. The topological polar surface area (TPSA) is 74.9 Å². The van der Waals surface area contributed by atoms with Gasteiger partial charge in [0, 0.05) is 21.9 Å². The quantitative estimate of drug-likeness (QED) is 0.663. The molecule has 0 amide bonds. The first-order chi connectivity index (χ1) is 10.8. The highest BCUT2D eigenvalue weighted by Gasteiger charge is 2.18. The Morgan fingerprint density at radius 2 is 2.23 bits per heavy atom. The molecule has 0 radical (unpaired) electrons. The van der Waals surface area contributed by atoms with E-state index in [0.717, 1.165) is 5.39 Å². The average Bonchev–Trinajstić information content (AvgIpc) is 3.14. The minimum atomic E-state index is -1.08. The Hall–Kier alpha value is -2.56. The van der Waals surface area contributed by atoms with E-state index in [9.17, 15) is 9.90 Å². The van der Waals surface area contributed by atoms with Crippen LogP contribution >= 0.6 is 11.9 Å². The predicted molar refractivity (Wildman–Crippen MR) is 82.3 cm³/mol. The number of rotatable bonds is 4. The number of aromatic carboxylic acids is 1. The average molecular weight is 316 g/mol. The van der Waals surface area contributed by atoms with Crippen LogP contribution in [0.5, 0.6) is 0 Å². The van der Waals surface area contributed by atoms with Crippen LogP contribution in [0.15, 0.2) is 41.1 Å². The van der Waals surface area contributed by atoms with Crippen LogP contribution in [0.1, 0.15) is 16.1 Å². The highest BCUT2D eigenvalue weighted by molar-refractivity contribution is 7.97. The lowest BCUT2D eigenvalue weighted by atomic mass is 10.1. The SMILES string of the molecule is O=C(O)c1oc2ccccc2c1CC#CCSN1NC=CO1. The molecule has 0 aliphatic carbocycles. The second-order valence-corrected chi connectivity index (χ2v) is 5.19. The van der Waals surface area contributed by atoms with Crippen molar-refractivity contribution in [1.29, 1.82) is 0 Å². The Morgan fingerprint density at radius 3 is 3.00 bits per heavy atom. The third-order valence-corrected chi connectivity index (χ3v) is 3.64. The Morgan fingerprint density at radius 1 is 1.36 bits per heavy atom. The number of carboxylic acids is 1. The first kappa shape index (κ1) is 14.4. The van der Waals surface area contributed by atoms with Gasteiger partial charge in [-0.05, 0) is 18.0 Å². The van der Waals surface area contributed by atoms with Gasteiger partial charge in [0.05, 0.1) is 12.0 Å². The summed E-state index contributed by atoms with van der Waals surface area (Å²) < 4.78 is 6.86. The molecule has 1 aliphatic heterocycles. The molecule has 7 heteroatoms. The molecule has 2 heterocycles. The van der Waals surface area contributed by atoms with Crippen LogP contribution in [0.25, 0.3) is 11.0 Å². The number of hydrogen-bond acceptors (Lipinski definition) is 6. The Kier molecular flexibility index (Phi) is 4.23. The number of benzene rings is 1. The van der Waals surface area contributed by atoms with Crippen molar-refractivity contribution in [1.82, 2.24) is 10.0 Å². The highest BCUT2D eigenvalue weighted by Crippen LogP contribution is 2.26. The Bertz CT molecular complexity index is 780. The minimum Gasteiger partial charge on any atom is -0.475 e. The lowest BCUT2D eigenvalue weighted by molar-refractivity contribution is -0.00803. The number of nitrogens with zero attached hydrogens (tertiary/aromatic N) is 1. The van der Waals surface area contributed by atoms with Crippen molar-refractivity contribution < 1.29 is 19.2 Å². The largest absolute Gasteiger partial charge is 0.475 e. The van der Waals surface area contributed by atoms with Gasteiger partial charge < -0.3 is 14.4 Å². The van der Waals surface area contributed by atoms with E-state index in [0.29, 0.717) is 23.3 Å². The molecule has 2 N–H and O–H groups in total. The number of nitrogens with one attached hydrogen (secondary N) is 1. The smallest absolute Gasteiger partial charge is 0.372 e. The predicted octanol–water partition coefficient (Wildman–Crippen LogP) is 2.55. The second kappa shape index (κ2) is 6.47. The summed E-state index contributed by atoms with van der Waals surface area (Å²) >= 11 is 1.36. The number of hydrogen-bond donors (Lipinski definition) is 2. The molecule has 1 aromatic heterocycles. The van der Waals surface area contributed by atoms with E-state index in [2.05, 4.69) is 17.3 Å². The highest BCUT2D eigenvalue weighted by atomic mass is 32.2. The summed E-state index contributed by atoms with van der Waals surface area (Å²) in [5.41, 5.74) is 4.01. The van der Waals surface area contributed by atoms with Crippen LogP contribution in [0, 0.1) is 11.8 Å². The van der Waals surface area contributed by atoms with Crippen LogP contribution in [0.4, 0.5) is 0 Å². The van der Waals surface area contributed by atoms with E-state index in [4.69, 9.17) is 9.25 Å². The molecule has 6 nitrogen and oxygen atoms in total. The zero-order valence-electron chi connectivity index (χ0n) is 11.4. The van der Waals surface area contributed by atoms with Gasteiger partial charge in [0.15, 0.2) is 0 Å². The Labute approximate surface area is 130 Å². The molecule has 1 aromatic carbocycles. The van der Waals surface area contributed by atoms with E-state index in [-0.39, 0.29) is 5.76 Å². The molecule has 112 valence electrons. The maximum atomic E-state index is 11.3. The fourth-order valence-corrected chi connectivity index (χ4v) is 2.54. The lowest BCUT2D eigenvalue weighted by Crippen LogP contribution is -2.20. The zero-order chi connectivity index (χ0) is 15.4. The molecule has 0 unspecified atom stereocenters. The van der Waals surface area contributed by atoms with Gasteiger partial charge in [0.2, 0.25) is 5.76 Å². The van der Waals surface area contributed by atoms with E-state index < -0.39 is 5.97 Å². The normalized spacial score (nSPS) is 13.5. The molecule has 2 aromatic rings. The third-order valence-electron chi connectivity index (χ3n) is 2.94. The summed E-state index contributed by atoms with van der Waals surface area (Å²) in [6.07, 6.45) is 3.51. The molecule has 0 spiro atoms. The van der Waals surface area contributed by atoms with Gasteiger partial charge in [0.1, 0.15) is 11.8 Å². The monoisotopic (exact) mass is 316 g/mol. The standard InChI is InChI=1S/C15H12N2O4S/c18-15(19)14-12(11-5-1-2-7-13(11)21-14)6-3-4-10-22-17-16-8-9-20-17/h1-2,5,7-9,16H,6,10H2,(H,18,19). The van der Waals surface area contributed by atoms with E-state index in [1.54, 1.807) is 18.3 Å². The van der Waals surface area contributed by atoms with Gasteiger partial charge >= 0.3 is 5.97 Å². The van der Waals surface area contributed by atoms with Gasteiger partial charge in [0.25, 0.3) is 0 Å². The second-order valence-electron chi connectivity index (χ2n) is 4.31. The first-order valence-electron chi connectivity index (χ1n) is 6.46. The molecule has 0 saturated carbocycles. The summed E-state index contributed by atoms with van der Waals surface area (Å²) in [6.45, 7) is 0. The van der Waals surface area contributed by atoms with Crippen molar-refractivity contribution in [2.24, 2.45) is 0 Å². The van der Waals surface area contributed by atoms with Gasteiger partial charge in [-0.25, -0.2) is 4.79 Å². The van der Waals surface area contributed by atoms with Crippen LogP contribution in [0.2, 0.25) is 0 Å². The molecule has 22 heavy (non-hydrogen) atoms. The van der Waals surface area contributed by atoms with Crippen LogP contribution < -0.4 is 5.43 Å². The maximum Gasteiger partial charge on any atom is 0.372 e. The summed E-state index contributed by atoms with van der Waals surface area (Å²) in [5.74, 6) is 5.34. The van der Waals surface area contributed by atoms with Crippen molar-refractivity contribution in [2.75, 3.05) is 5.75 Å². The summed E-state index contributed by atoms with van der Waals surface area (Å²) in [7, 11) is 0.